The first-order chi connectivity index (χ1) is 55.1. The molecule has 13 aliphatic rings. The van der Waals surface area contributed by atoms with Crippen LogP contribution in [0.1, 0.15) is 316 Å². The van der Waals surface area contributed by atoms with Crippen molar-refractivity contribution in [3.8, 4) is 0 Å². The molecule has 10 saturated heterocycles. The van der Waals surface area contributed by atoms with Gasteiger partial charge in [-0.2, -0.15) is 0 Å². The predicted molar refractivity (Wildman–Crippen MR) is 551 cm³/mol. The smallest absolute Gasteiger partial charge is 0.225 e. The van der Waals surface area contributed by atoms with Crippen LogP contribution in [0.4, 0.5) is 0 Å². The van der Waals surface area contributed by atoms with E-state index in [2.05, 4.69) is 236 Å². The molecule has 13 fully saturated rings. The number of piperidine rings is 3. The number of ether oxygens (including phenoxy) is 1. The fourth-order valence-corrected chi connectivity index (χ4v) is 17.5. The third-order valence-corrected chi connectivity index (χ3v) is 27.3. The molecular formula is C103H227N17O5. The number of amides is 2. The van der Waals surface area contributed by atoms with Crippen LogP contribution in [0, 0.1) is 23.7 Å². The zero-order valence-corrected chi connectivity index (χ0v) is 80.5. The lowest BCUT2D eigenvalue weighted by Gasteiger charge is -2.43. The van der Waals surface area contributed by atoms with Gasteiger partial charge in [0.05, 0.1) is 19.3 Å². The molecule has 125 heavy (non-hydrogen) atoms. The largest absolute Gasteiger partial charge is 0.396 e. The molecule has 2 amide bonds. The molecule has 2 N–H and O–H groups in total. The van der Waals surface area contributed by atoms with E-state index in [1.807, 2.05) is 6.92 Å². The van der Waals surface area contributed by atoms with E-state index in [1.54, 1.807) is 7.05 Å². The Kier molecular flexibility index (Phi) is 74.2. The number of likely N-dealkylation sites (tertiary alicyclic amines) is 4. The van der Waals surface area contributed by atoms with Crippen LogP contribution >= 0.6 is 0 Å². The van der Waals surface area contributed by atoms with Crippen LogP contribution in [0.3, 0.4) is 0 Å². The molecule has 10 aliphatic heterocycles. The van der Waals surface area contributed by atoms with Gasteiger partial charge < -0.3 is 39.7 Å². The Labute approximate surface area is 782 Å². The number of carbonyl (C=O) groups is 3. The Morgan fingerprint density at radius 3 is 0.976 bits per heavy atom. The van der Waals surface area contributed by atoms with Crippen LogP contribution in [0.2, 0.25) is 0 Å². The summed E-state index contributed by atoms with van der Waals surface area (Å²) in [5, 5.41) is 11.6. The minimum atomic E-state index is 0. The van der Waals surface area contributed by atoms with Gasteiger partial charge in [0.2, 0.25) is 11.8 Å². The molecule has 0 aromatic carbocycles. The second-order valence-electron chi connectivity index (χ2n) is 40.0. The fraction of sp³-hybridized carbons (Fsp3) is 0.971. The summed E-state index contributed by atoms with van der Waals surface area (Å²) in [4.78, 5) is 74.3. The normalized spacial score (nSPS) is 22.1. The molecular weight excluding hydrogens is 1560 g/mol. The van der Waals surface area contributed by atoms with Crippen molar-refractivity contribution in [3.05, 3.63) is 0 Å². The first-order valence-electron chi connectivity index (χ1n) is 48.4. The lowest BCUT2D eigenvalue weighted by molar-refractivity contribution is -0.134. The van der Waals surface area contributed by atoms with Gasteiger partial charge in [0.25, 0.3) is 0 Å². The maximum absolute atomic E-state index is 11.7. The highest BCUT2D eigenvalue weighted by Crippen LogP contribution is 2.33. The van der Waals surface area contributed by atoms with Crippen molar-refractivity contribution in [3.63, 3.8) is 0 Å². The summed E-state index contributed by atoms with van der Waals surface area (Å²) in [5.41, 5.74) is 0.350. The number of aliphatic hydroxyl groups is 1. The molecule has 0 aromatic heterocycles. The summed E-state index contributed by atoms with van der Waals surface area (Å²) >= 11 is 0. The first-order valence-corrected chi connectivity index (χ1v) is 48.4. The number of nitrogens with zero attached hydrogens (tertiary/aromatic N) is 16. The van der Waals surface area contributed by atoms with Crippen LogP contribution in [-0.4, -0.2) is 423 Å². The molecule has 0 spiro atoms. The van der Waals surface area contributed by atoms with E-state index in [4.69, 9.17) is 9.84 Å². The van der Waals surface area contributed by atoms with Gasteiger partial charge in [-0.1, -0.05) is 73.8 Å². The van der Waals surface area contributed by atoms with E-state index in [1.165, 1.54) is 215 Å². The van der Waals surface area contributed by atoms with Gasteiger partial charge in [0.15, 0.2) is 0 Å². The summed E-state index contributed by atoms with van der Waals surface area (Å²) in [6.07, 6.45) is 17.6. The third-order valence-electron chi connectivity index (χ3n) is 27.3. The Bertz CT molecular complexity index is 2480. The van der Waals surface area contributed by atoms with Crippen LogP contribution in [0.15, 0.2) is 0 Å². The SMILES string of the molecule is C.C.C.C.C.C.C.C.C.CC(C)N1CCC(CO)CC1.CC(C)N1CCN(C(=O)C2CC2)CC1.CC(C)N1CCN(C(C)(C)C)CC1.CC(C)N1CCN(C2CC2)CC1.CC(C)N1CCN(CC2CC2)CC1.CC(C)N1CCN(CN2CCC2)CC1.CCC(=O)CN1CCN(C(C)C)CC1.CCOC1CCN(C(C)C)CC1.CNC(=O)C1CCN(C(C)C)CC1. The lowest BCUT2D eigenvalue weighted by Crippen LogP contribution is -2.54. The minimum absolute atomic E-state index is 0. The standard InChI is InChI=1S/C11H23N3.C11H20N2O.C11H22N2O.C11H22N2.C11H24N2.C10H20N2O.C10H20N2.C10H21NO.C9H19NO.9CH4/c1-11(2)14-8-6-13(7-9-14)10-12-4-3-5-12;1-9(2)12-5-7-13(8-6-12)11(14)10-3-4-10;1-4-11(14)9-12-5-7-13(8-6-12)10(2)3;1-10(2)13-7-5-12(6-8-13)9-11-3-4-11;1-10(2)12-6-8-13(9-7-12)11(3,4)5;1-8(2)12-6-4-9(5-7-12)10(13)11-3;1-9(2)11-5-7-12(8-6-11)10-3-4-10;1-4-12-10-5-7-11(8-6-10)9(2)3;1-8(2)10-5-3-9(7-11)4-6-10;;;;;;;;;/h11H,3-10H2,1-2H3;9-10H,3-8H2,1-2H3;10H,4-9H2,1-3H3;10-11H,3-9H2,1-2H3;10H,6-9H2,1-5H3;8-9H,4-7H2,1-3H3,(H,11,13);9-10H,3-8H2,1-2H3;9-10H,4-8H2,1-3H3;8-9,11H,3-7H2,1-2H3;9*1H4. The van der Waals surface area contributed by atoms with E-state index in [9.17, 15) is 14.4 Å². The number of rotatable bonds is 22. The maximum Gasteiger partial charge on any atom is 0.225 e. The molecule has 10 heterocycles. The van der Waals surface area contributed by atoms with E-state index in [0.29, 0.717) is 91.0 Å². The molecule has 3 saturated carbocycles. The van der Waals surface area contributed by atoms with Crippen molar-refractivity contribution in [2.75, 3.05) is 249 Å². The lowest BCUT2D eigenvalue weighted by atomic mass is 9.95. The van der Waals surface area contributed by atoms with Gasteiger partial charge >= 0.3 is 0 Å². The molecule has 13 rings (SSSR count). The zero-order valence-electron chi connectivity index (χ0n) is 80.5. The number of nitrogens with one attached hydrogen (secondary N) is 1. The van der Waals surface area contributed by atoms with Crippen molar-refractivity contribution in [1.82, 2.24) is 83.7 Å². The highest BCUT2D eigenvalue weighted by Gasteiger charge is 2.36. The Balaban J connectivity index is -0.000000429. The zero-order chi connectivity index (χ0) is 85.6. The number of ketones is 1. The van der Waals surface area contributed by atoms with E-state index < -0.39 is 0 Å². The third kappa shape index (κ3) is 53.0. The van der Waals surface area contributed by atoms with Crippen LogP contribution < -0.4 is 5.32 Å². The molecule has 22 heteroatoms. The second-order valence-corrected chi connectivity index (χ2v) is 40.0. The number of hydrogen-bond donors (Lipinski definition) is 2. The van der Waals surface area contributed by atoms with E-state index in [-0.39, 0.29) is 78.7 Å². The molecule has 0 unspecified atom stereocenters. The summed E-state index contributed by atoms with van der Waals surface area (Å²) in [5.74, 6) is 3.26. The molecule has 0 radical (unpaired) electrons. The van der Waals surface area contributed by atoms with Crippen molar-refractivity contribution in [2.45, 2.75) is 388 Å². The summed E-state index contributed by atoms with van der Waals surface area (Å²) in [6.45, 7) is 94.2. The second kappa shape index (κ2) is 70.6. The monoisotopic (exact) mass is 1780 g/mol. The minimum Gasteiger partial charge on any atom is -0.396 e. The van der Waals surface area contributed by atoms with Gasteiger partial charge in [-0.25, -0.2) is 0 Å². The number of aliphatic hydroxyl groups excluding tert-OH is 1. The fourth-order valence-electron chi connectivity index (χ4n) is 17.5. The van der Waals surface area contributed by atoms with Crippen molar-refractivity contribution in [2.24, 2.45) is 23.7 Å². The van der Waals surface area contributed by atoms with Gasteiger partial charge in [-0.05, 0) is 274 Å². The Hall–Kier alpha value is -2.07. The average molecular weight is 1780 g/mol. The van der Waals surface area contributed by atoms with Gasteiger partial charge in [0.1, 0.15) is 5.78 Å². The topological polar surface area (TPSA) is 145 Å². The predicted octanol–water partition coefficient (Wildman–Crippen LogP) is 16.6. The van der Waals surface area contributed by atoms with Crippen molar-refractivity contribution >= 4 is 17.6 Å². The van der Waals surface area contributed by atoms with E-state index >= 15 is 0 Å². The Morgan fingerprint density at radius 1 is 0.352 bits per heavy atom. The molecule has 22 nitrogen and oxygen atoms in total. The quantitative estimate of drug-likeness (QED) is 0.106. The van der Waals surface area contributed by atoms with Crippen LogP contribution in [0.25, 0.3) is 0 Å². The van der Waals surface area contributed by atoms with Gasteiger partial charge in [-0.15, -0.1) is 0 Å². The number of carbonyl (C=O) groups excluding carboxylic acids is 3. The van der Waals surface area contributed by atoms with Crippen LogP contribution in [-0.2, 0) is 19.1 Å². The number of piperazine rings is 6. The Morgan fingerprint density at radius 2 is 0.672 bits per heavy atom. The van der Waals surface area contributed by atoms with Crippen LogP contribution in [0.5, 0.6) is 0 Å². The van der Waals surface area contributed by atoms with Gasteiger partial charge in [0, 0.05) is 294 Å². The molecule has 754 valence electrons. The van der Waals surface area contributed by atoms with Crippen molar-refractivity contribution < 1.29 is 24.2 Å². The first kappa shape index (κ1) is 131. The average Bonchev–Trinajstić information content (AvgIpc) is 1.62. The number of hydrogen-bond acceptors (Lipinski definition) is 20. The molecule has 0 atom stereocenters. The molecule has 0 aromatic rings. The summed E-state index contributed by atoms with van der Waals surface area (Å²) < 4.78 is 5.58. The summed E-state index contributed by atoms with van der Waals surface area (Å²) in [7, 11) is 1.72. The maximum atomic E-state index is 11.7. The van der Waals surface area contributed by atoms with Crippen molar-refractivity contribution in [1.29, 1.82) is 0 Å². The summed E-state index contributed by atoms with van der Waals surface area (Å²) in [6, 6.07) is 7.14. The highest BCUT2D eigenvalue weighted by atomic mass is 16.5. The molecule has 3 aliphatic carbocycles. The van der Waals surface area contributed by atoms with E-state index in [0.717, 1.165) is 128 Å². The van der Waals surface area contributed by atoms with Gasteiger partial charge in [-0.3, -0.25) is 68.3 Å². The molecule has 0 bridgehead atoms. The highest BCUT2D eigenvalue weighted by molar-refractivity contribution is 5.81. The number of Topliss-reactive ketones (excluding diaryl/α,β-unsaturated/α-hetero) is 1.